The molecular formula is C17H26N2OS. The van der Waals surface area contributed by atoms with Gasteiger partial charge in [-0.15, -0.1) is 0 Å². The Labute approximate surface area is 132 Å². The fourth-order valence-corrected chi connectivity index (χ4v) is 3.66. The Bertz CT molecular complexity index is 447. The van der Waals surface area contributed by atoms with Gasteiger partial charge in [-0.25, -0.2) is 0 Å². The molecule has 0 spiro atoms. The highest BCUT2D eigenvalue weighted by molar-refractivity contribution is 7.99. The Hall–Kier alpha value is -1.00. The van der Waals surface area contributed by atoms with Crippen molar-refractivity contribution in [2.45, 2.75) is 50.6 Å². The van der Waals surface area contributed by atoms with Gasteiger partial charge in [0.1, 0.15) is 5.54 Å². The number of amides is 1. The van der Waals surface area contributed by atoms with Gasteiger partial charge in [-0.3, -0.25) is 10.1 Å². The molecule has 0 aliphatic heterocycles. The predicted molar refractivity (Wildman–Crippen MR) is 90.3 cm³/mol. The van der Waals surface area contributed by atoms with Crippen LogP contribution >= 0.6 is 11.8 Å². The molecule has 1 aliphatic carbocycles. The van der Waals surface area contributed by atoms with Crippen LogP contribution in [-0.2, 0) is 10.3 Å². The largest absolute Gasteiger partial charge is 0.368 e. The smallest absolute Gasteiger partial charge is 0.242 e. The average Bonchev–Trinajstić information content (AvgIpc) is 3.30. The van der Waals surface area contributed by atoms with Crippen molar-refractivity contribution in [1.29, 1.82) is 0 Å². The van der Waals surface area contributed by atoms with Crippen LogP contribution in [0.1, 0.15) is 44.6 Å². The Morgan fingerprint density at radius 3 is 2.62 bits per heavy atom. The minimum atomic E-state index is -0.707. The molecule has 3 nitrogen and oxygen atoms in total. The third kappa shape index (κ3) is 4.48. The molecule has 116 valence electrons. The lowest BCUT2D eigenvalue weighted by Gasteiger charge is -2.32. The molecule has 1 fully saturated rings. The maximum atomic E-state index is 12.3. The fraction of sp³-hybridized carbons (Fsp3) is 0.588. The summed E-state index contributed by atoms with van der Waals surface area (Å²) >= 11 is 1.92. The first kappa shape index (κ1) is 16.4. The van der Waals surface area contributed by atoms with Crippen molar-refractivity contribution >= 4 is 17.7 Å². The van der Waals surface area contributed by atoms with E-state index in [-0.39, 0.29) is 5.91 Å². The van der Waals surface area contributed by atoms with Crippen LogP contribution in [0.5, 0.6) is 0 Å². The highest BCUT2D eigenvalue weighted by Gasteiger charge is 2.42. The number of unbranched alkanes of at least 4 members (excludes halogenated alkanes) is 1. The van der Waals surface area contributed by atoms with Crippen LogP contribution in [0.15, 0.2) is 30.3 Å². The second kappa shape index (κ2) is 7.85. The van der Waals surface area contributed by atoms with Crippen LogP contribution in [0.3, 0.4) is 0 Å². The molecule has 1 aromatic carbocycles. The van der Waals surface area contributed by atoms with Crippen molar-refractivity contribution in [3.05, 3.63) is 35.9 Å². The molecule has 0 bridgehead atoms. The Balaban J connectivity index is 2.09. The number of carbonyl (C=O) groups is 1. The van der Waals surface area contributed by atoms with Crippen molar-refractivity contribution in [3.8, 4) is 0 Å². The summed E-state index contributed by atoms with van der Waals surface area (Å²) in [6.45, 7) is 2.20. The second-order valence-corrected chi connectivity index (χ2v) is 6.99. The minimum Gasteiger partial charge on any atom is -0.368 e. The quantitative estimate of drug-likeness (QED) is 0.653. The molecule has 0 aromatic heterocycles. The van der Waals surface area contributed by atoms with Gasteiger partial charge in [0.25, 0.3) is 0 Å². The molecule has 21 heavy (non-hydrogen) atoms. The highest BCUT2D eigenvalue weighted by Crippen LogP contribution is 2.32. The zero-order chi connectivity index (χ0) is 15.1. The van der Waals surface area contributed by atoms with Crippen molar-refractivity contribution in [1.82, 2.24) is 5.32 Å². The molecule has 1 atom stereocenters. The molecule has 0 heterocycles. The Kier molecular flexibility index (Phi) is 6.12. The lowest BCUT2D eigenvalue weighted by atomic mass is 9.86. The number of hydrogen-bond donors (Lipinski definition) is 2. The van der Waals surface area contributed by atoms with Gasteiger partial charge in [-0.05, 0) is 42.8 Å². The lowest BCUT2D eigenvalue weighted by molar-refractivity contribution is -0.125. The van der Waals surface area contributed by atoms with Gasteiger partial charge in [0, 0.05) is 6.04 Å². The molecule has 1 unspecified atom stereocenters. The van der Waals surface area contributed by atoms with E-state index in [0.29, 0.717) is 6.04 Å². The molecule has 4 heteroatoms. The van der Waals surface area contributed by atoms with Crippen molar-refractivity contribution < 1.29 is 4.79 Å². The summed E-state index contributed by atoms with van der Waals surface area (Å²) in [4.78, 5) is 12.3. The van der Waals surface area contributed by atoms with Gasteiger partial charge in [-0.2, -0.15) is 11.8 Å². The van der Waals surface area contributed by atoms with Gasteiger partial charge < -0.3 is 5.73 Å². The predicted octanol–water partition coefficient (Wildman–Crippen LogP) is 3.04. The molecular weight excluding hydrogens is 280 g/mol. The first-order valence-electron chi connectivity index (χ1n) is 7.90. The number of nitrogens with one attached hydrogen (secondary N) is 1. The van der Waals surface area contributed by atoms with Crippen LogP contribution in [0, 0.1) is 0 Å². The maximum absolute atomic E-state index is 12.3. The fourth-order valence-electron chi connectivity index (χ4n) is 2.51. The zero-order valence-electron chi connectivity index (χ0n) is 12.8. The SMILES string of the molecule is CCCCSCCC(NC1CC1)(C(N)=O)c1ccccc1. The topological polar surface area (TPSA) is 55.1 Å². The zero-order valence-corrected chi connectivity index (χ0v) is 13.6. The Morgan fingerprint density at radius 2 is 2.05 bits per heavy atom. The number of hydrogen-bond acceptors (Lipinski definition) is 3. The summed E-state index contributed by atoms with van der Waals surface area (Å²) in [5.41, 5.74) is 6.10. The van der Waals surface area contributed by atoms with Crippen LogP contribution < -0.4 is 11.1 Å². The molecule has 2 rings (SSSR count). The first-order chi connectivity index (χ1) is 10.2. The van der Waals surface area contributed by atoms with E-state index in [1.54, 1.807) is 0 Å². The summed E-state index contributed by atoms with van der Waals surface area (Å²) < 4.78 is 0. The normalized spacial score (nSPS) is 17.4. The van der Waals surface area contributed by atoms with Gasteiger partial charge in [-0.1, -0.05) is 43.7 Å². The molecule has 1 saturated carbocycles. The average molecular weight is 306 g/mol. The van der Waals surface area contributed by atoms with E-state index in [4.69, 9.17) is 5.73 Å². The van der Waals surface area contributed by atoms with Crippen molar-refractivity contribution in [2.75, 3.05) is 11.5 Å². The van der Waals surface area contributed by atoms with E-state index in [1.807, 2.05) is 42.1 Å². The first-order valence-corrected chi connectivity index (χ1v) is 9.05. The summed E-state index contributed by atoms with van der Waals surface area (Å²) in [7, 11) is 0. The lowest BCUT2D eigenvalue weighted by Crippen LogP contribution is -2.54. The monoisotopic (exact) mass is 306 g/mol. The molecule has 1 amide bonds. The summed E-state index contributed by atoms with van der Waals surface area (Å²) in [5, 5.41) is 3.52. The van der Waals surface area contributed by atoms with Crippen LogP contribution in [0.2, 0.25) is 0 Å². The van der Waals surface area contributed by atoms with Crippen LogP contribution in [0.4, 0.5) is 0 Å². The van der Waals surface area contributed by atoms with E-state index in [0.717, 1.165) is 36.3 Å². The van der Waals surface area contributed by atoms with E-state index in [2.05, 4.69) is 12.2 Å². The number of carbonyl (C=O) groups excluding carboxylic acids is 1. The van der Waals surface area contributed by atoms with E-state index in [9.17, 15) is 4.79 Å². The van der Waals surface area contributed by atoms with E-state index in [1.165, 1.54) is 12.8 Å². The van der Waals surface area contributed by atoms with Crippen molar-refractivity contribution in [3.63, 3.8) is 0 Å². The number of benzene rings is 1. The standard InChI is InChI=1S/C17H26N2OS/c1-2-3-12-21-13-11-17(16(18)20,19-15-9-10-15)14-7-5-4-6-8-14/h4-8,15,19H,2-3,9-13H2,1H3,(H2,18,20). The third-order valence-electron chi connectivity index (χ3n) is 3.98. The van der Waals surface area contributed by atoms with E-state index < -0.39 is 5.54 Å². The maximum Gasteiger partial charge on any atom is 0.242 e. The minimum absolute atomic E-state index is 0.253. The number of nitrogens with two attached hydrogens (primary N) is 1. The third-order valence-corrected chi connectivity index (χ3v) is 5.05. The van der Waals surface area contributed by atoms with Gasteiger partial charge in [0.05, 0.1) is 0 Å². The summed E-state index contributed by atoms with van der Waals surface area (Å²) in [6, 6.07) is 10.4. The van der Waals surface area contributed by atoms with Gasteiger partial charge in [0.15, 0.2) is 0 Å². The summed E-state index contributed by atoms with van der Waals surface area (Å²) in [6.07, 6.45) is 5.50. The molecule has 1 aliphatic rings. The number of thioether (sulfide) groups is 1. The highest BCUT2D eigenvalue weighted by atomic mass is 32.2. The van der Waals surface area contributed by atoms with E-state index >= 15 is 0 Å². The number of primary amides is 1. The summed E-state index contributed by atoms with van der Waals surface area (Å²) in [5.74, 6) is 1.86. The second-order valence-electron chi connectivity index (χ2n) is 5.77. The van der Waals surface area contributed by atoms with Gasteiger partial charge in [0.2, 0.25) is 5.91 Å². The van der Waals surface area contributed by atoms with Crippen LogP contribution in [0.25, 0.3) is 0 Å². The molecule has 0 saturated heterocycles. The van der Waals surface area contributed by atoms with Crippen LogP contribution in [-0.4, -0.2) is 23.5 Å². The molecule has 3 N–H and O–H groups in total. The Morgan fingerprint density at radius 1 is 1.33 bits per heavy atom. The number of rotatable bonds is 10. The van der Waals surface area contributed by atoms with Gasteiger partial charge >= 0.3 is 0 Å². The molecule has 0 radical (unpaired) electrons. The van der Waals surface area contributed by atoms with Crippen molar-refractivity contribution in [2.24, 2.45) is 5.73 Å². The molecule has 1 aromatic rings.